The van der Waals surface area contributed by atoms with Crippen molar-refractivity contribution in [2.75, 3.05) is 26.2 Å². The van der Waals surface area contributed by atoms with Gasteiger partial charge >= 0.3 is 0 Å². The highest BCUT2D eigenvalue weighted by atomic mass is 16.5. The SMILES string of the molecule is O=C(COCc1ccccc1)NCC1CCCNC1. The first-order chi connectivity index (χ1) is 9.34. The van der Waals surface area contributed by atoms with Gasteiger partial charge in [0.05, 0.1) is 6.61 Å². The van der Waals surface area contributed by atoms with Crippen LogP contribution in [-0.2, 0) is 16.1 Å². The van der Waals surface area contributed by atoms with Crippen molar-refractivity contribution >= 4 is 5.91 Å². The molecule has 4 nitrogen and oxygen atoms in total. The monoisotopic (exact) mass is 262 g/mol. The summed E-state index contributed by atoms with van der Waals surface area (Å²) in [6.07, 6.45) is 2.39. The Morgan fingerprint density at radius 1 is 1.37 bits per heavy atom. The van der Waals surface area contributed by atoms with Gasteiger partial charge in [-0.15, -0.1) is 0 Å². The van der Waals surface area contributed by atoms with Crippen molar-refractivity contribution in [1.82, 2.24) is 10.6 Å². The number of piperidine rings is 1. The molecule has 1 fully saturated rings. The van der Waals surface area contributed by atoms with Gasteiger partial charge in [0.25, 0.3) is 0 Å². The Morgan fingerprint density at radius 2 is 2.21 bits per heavy atom. The van der Waals surface area contributed by atoms with Crippen molar-refractivity contribution in [3.05, 3.63) is 35.9 Å². The Morgan fingerprint density at radius 3 is 2.95 bits per heavy atom. The third-order valence-corrected chi connectivity index (χ3v) is 3.33. The van der Waals surface area contributed by atoms with Gasteiger partial charge in [-0.25, -0.2) is 0 Å². The second-order valence-corrected chi connectivity index (χ2v) is 4.99. The molecular weight excluding hydrogens is 240 g/mol. The number of nitrogens with one attached hydrogen (secondary N) is 2. The highest BCUT2D eigenvalue weighted by Crippen LogP contribution is 2.08. The first-order valence-electron chi connectivity index (χ1n) is 6.93. The minimum atomic E-state index is -0.0264. The van der Waals surface area contributed by atoms with Crippen molar-refractivity contribution in [1.29, 1.82) is 0 Å². The van der Waals surface area contributed by atoms with Crippen LogP contribution in [-0.4, -0.2) is 32.1 Å². The molecule has 1 aromatic carbocycles. The van der Waals surface area contributed by atoms with Crippen LogP contribution in [0.2, 0.25) is 0 Å². The Kier molecular flexibility index (Phi) is 5.85. The fourth-order valence-electron chi connectivity index (χ4n) is 2.24. The van der Waals surface area contributed by atoms with Crippen LogP contribution in [0.3, 0.4) is 0 Å². The molecule has 104 valence electrons. The van der Waals surface area contributed by atoms with E-state index >= 15 is 0 Å². The molecule has 1 amide bonds. The summed E-state index contributed by atoms with van der Waals surface area (Å²) in [6.45, 7) is 3.48. The van der Waals surface area contributed by atoms with E-state index in [9.17, 15) is 4.79 Å². The molecule has 19 heavy (non-hydrogen) atoms. The van der Waals surface area contributed by atoms with E-state index in [-0.39, 0.29) is 12.5 Å². The van der Waals surface area contributed by atoms with Gasteiger partial charge in [-0.2, -0.15) is 0 Å². The van der Waals surface area contributed by atoms with Crippen LogP contribution in [0, 0.1) is 5.92 Å². The maximum absolute atomic E-state index is 11.6. The van der Waals surface area contributed by atoms with Gasteiger partial charge in [-0.05, 0) is 37.4 Å². The Labute approximate surface area is 114 Å². The first kappa shape index (κ1) is 14.0. The van der Waals surface area contributed by atoms with E-state index in [1.54, 1.807) is 0 Å². The lowest BCUT2D eigenvalue weighted by molar-refractivity contribution is -0.126. The molecule has 0 aliphatic carbocycles. The highest BCUT2D eigenvalue weighted by Gasteiger charge is 2.13. The summed E-state index contributed by atoms with van der Waals surface area (Å²) in [4.78, 5) is 11.6. The molecule has 2 N–H and O–H groups in total. The molecule has 0 spiro atoms. The van der Waals surface area contributed by atoms with Crippen LogP contribution in [0.1, 0.15) is 18.4 Å². The number of amides is 1. The van der Waals surface area contributed by atoms with Crippen molar-refractivity contribution in [3.8, 4) is 0 Å². The van der Waals surface area contributed by atoms with E-state index in [1.165, 1.54) is 12.8 Å². The standard InChI is InChI=1S/C15H22N2O2/c18-15(17-10-14-7-4-8-16-9-14)12-19-11-13-5-2-1-3-6-13/h1-3,5-6,14,16H,4,7-12H2,(H,17,18). The van der Waals surface area contributed by atoms with Gasteiger partial charge in [0.15, 0.2) is 0 Å². The zero-order valence-corrected chi connectivity index (χ0v) is 11.2. The predicted octanol–water partition coefficient (Wildman–Crippen LogP) is 1.32. The van der Waals surface area contributed by atoms with Gasteiger partial charge in [-0.3, -0.25) is 4.79 Å². The molecule has 1 atom stereocenters. The number of hydrogen-bond acceptors (Lipinski definition) is 3. The summed E-state index contributed by atoms with van der Waals surface area (Å²) < 4.78 is 5.39. The molecule has 0 radical (unpaired) electrons. The Hall–Kier alpha value is -1.39. The normalized spacial score (nSPS) is 19.1. The van der Waals surface area contributed by atoms with Crippen LogP contribution >= 0.6 is 0 Å². The van der Waals surface area contributed by atoms with Crippen LogP contribution in [0.25, 0.3) is 0 Å². The predicted molar refractivity (Wildman–Crippen MR) is 74.7 cm³/mol. The third-order valence-electron chi connectivity index (χ3n) is 3.33. The minimum Gasteiger partial charge on any atom is -0.367 e. The lowest BCUT2D eigenvalue weighted by atomic mass is 10.00. The van der Waals surface area contributed by atoms with Crippen molar-refractivity contribution in [2.45, 2.75) is 19.4 Å². The lowest BCUT2D eigenvalue weighted by Crippen LogP contribution is -2.39. The molecule has 1 aliphatic heterocycles. The number of benzene rings is 1. The van der Waals surface area contributed by atoms with E-state index in [0.717, 1.165) is 25.2 Å². The molecule has 2 rings (SSSR count). The van der Waals surface area contributed by atoms with Crippen molar-refractivity contribution in [2.24, 2.45) is 5.92 Å². The second kappa shape index (κ2) is 7.92. The number of rotatable bonds is 6. The highest BCUT2D eigenvalue weighted by molar-refractivity contribution is 5.77. The van der Waals surface area contributed by atoms with Crippen LogP contribution < -0.4 is 10.6 Å². The number of carbonyl (C=O) groups is 1. The summed E-state index contributed by atoms with van der Waals surface area (Å²) in [7, 11) is 0. The number of carbonyl (C=O) groups excluding carboxylic acids is 1. The molecule has 1 unspecified atom stereocenters. The molecule has 1 saturated heterocycles. The average Bonchev–Trinajstić information content (AvgIpc) is 2.47. The molecule has 1 aromatic rings. The van der Waals surface area contributed by atoms with Crippen LogP contribution in [0.4, 0.5) is 0 Å². The molecule has 1 aliphatic rings. The largest absolute Gasteiger partial charge is 0.367 e. The zero-order valence-electron chi connectivity index (χ0n) is 11.2. The summed E-state index contributed by atoms with van der Waals surface area (Å²) >= 11 is 0. The van der Waals surface area contributed by atoms with E-state index < -0.39 is 0 Å². The average molecular weight is 262 g/mol. The van der Waals surface area contributed by atoms with Gasteiger partial charge in [-0.1, -0.05) is 30.3 Å². The van der Waals surface area contributed by atoms with Gasteiger partial charge in [0.2, 0.25) is 5.91 Å². The maximum Gasteiger partial charge on any atom is 0.246 e. The third kappa shape index (κ3) is 5.41. The van der Waals surface area contributed by atoms with Crippen molar-refractivity contribution < 1.29 is 9.53 Å². The second-order valence-electron chi connectivity index (χ2n) is 4.99. The summed E-state index contributed by atoms with van der Waals surface area (Å²) in [5.74, 6) is 0.535. The fraction of sp³-hybridized carbons (Fsp3) is 0.533. The number of ether oxygens (including phenoxy) is 1. The van der Waals surface area contributed by atoms with E-state index in [2.05, 4.69) is 10.6 Å². The minimum absolute atomic E-state index is 0.0264. The molecule has 0 saturated carbocycles. The summed E-state index contributed by atoms with van der Waals surface area (Å²) in [6, 6.07) is 9.88. The number of hydrogen-bond donors (Lipinski definition) is 2. The van der Waals surface area contributed by atoms with Crippen molar-refractivity contribution in [3.63, 3.8) is 0 Å². The lowest BCUT2D eigenvalue weighted by Gasteiger charge is -2.22. The summed E-state index contributed by atoms with van der Waals surface area (Å²) in [5.41, 5.74) is 1.09. The molecule has 4 heteroatoms. The van der Waals surface area contributed by atoms with Gasteiger partial charge in [0.1, 0.15) is 6.61 Å². The van der Waals surface area contributed by atoms with Gasteiger partial charge in [0, 0.05) is 6.54 Å². The molecule has 0 aromatic heterocycles. The molecular formula is C15H22N2O2. The van der Waals surface area contributed by atoms with Crippen LogP contribution in [0.15, 0.2) is 30.3 Å². The maximum atomic E-state index is 11.6. The Bertz CT molecular complexity index is 375. The Balaban J connectivity index is 1.57. The zero-order chi connectivity index (χ0) is 13.3. The topological polar surface area (TPSA) is 50.4 Å². The van der Waals surface area contributed by atoms with Gasteiger partial charge < -0.3 is 15.4 Å². The summed E-state index contributed by atoms with van der Waals surface area (Å²) in [5, 5.41) is 6.28. The van der Waals surface area contributed by atoms with E-state index in [1.807, 2.05) is 30.3 Å². The quantitative estimate of drug-likeness (QED) is 0.813. The van der Waals surface area contributed by atoms with E-state index in [0.29, 0.717) is 12.5 Å². The van der Waals surface area contributed by atoms with Crippen LogP contribution in [0.5, 0.6) is 0 Å². The fourth-order valence-corrected chi connectivity index (χ4v) is 2.24. The smallest absolute Gasteiger partial charge is 0.246 e. The van der Waals surface area contributed by atoms with E-state index in [4.69, 9.17) is 4.74 Å². The molecule has 0 bridgehead atoms. The first-order valence-corrected chi connectivity index (χ1v) is 6.93. The molecule has 1 heterocycles.